The van der Waals surface area contributed by atoms with Gasteiger partial charge in [-0.05, 0) is 59.6 Å². The number of ether oxygens (including phenoxy) is 1. The highest BCUT2D eigenvalue weighted by atomic mass is 79.9. The van der Waals surface area contributed by atoms with Crippen LogP contribution >= 0.6 is 15.9 Å². The first-order valence-corrected chi connectivity index (χ1v) is 8.55. The molecule has 1 saturated carbocycles. The molecule has 0 aliphatic heterocycles. The van der Waals surface area contributed by atoms with Gasteiger partial charge in [0.15, 0.2) is 0 Å². The van der Waals surface area contributed by atoms with Crippen molar-refractivity contribution in [1.82, 2.24) is 5.32 Å². The lowest BCUT2D eigenvalue weighted by atomic mass is 9.80. The molecule has 1 N–H and O–H groups in total. The van der Waals surface area contributed by atoms with Gasteiger partial charge in [0, 0.05) is 12.1 Å². The van der Waals surface area contributed by atoms with Gasteiger partial charge in [0.05, 0.1) is 10.6 Å². The van der Waals surface area contributed by atoms with Crippen molar-refractivity contribution in [2.75, 3.05) is 6.54 Å². The molecule has 1 aliphatic rings. The molecule has 1 aromatic carbocycles. The van der Waals surface area contributed by atoms with Gasteiger partial charge in [0.2, 0.25) is 0 Å². The minimum Gasteiger partial charge on any atom is -0.489 e. The summed E-state index contributed by atoms with van der Waals surface area (Å²) in [5.41, 5.74) is 1.24. The molecule has 0 amide bonds. The number of rotatable bonds is 5. The first kappa shape index (κ1) is 15.8. The smallest absolute Gasteiger partial charge is 0.138 e. The monoisotopic (exact) mass is 339 g/mol. The highest BCUT2D eigenvalue weighted by Crippen LogP contribution is 2.35. The van der Waals surface area contributed by atoms with Crippen molar-refractivity contribution in [2.45, 2.75) is 52.7 Å². The molecule has 20 heavy (non-hydrogen) atoms. The Balaban J connectivity index is 2.08. The SMILES string of the molecule is CCNCc1cccc(Br)c1OC1CCC(C)C(C)C1. The number of para-hydroxylation sites is 1. The molecule has 0 radical (unpaired) electrons. The molecule has 2 rings (SSSR count). The van der Waals surface area contributed by atoms with E-state index in [1.54, 1.807) is 0 Å². The van der Waals surface area contributed by atoms with Crippen LogP contribution in [0.1, 0.15) is 45.6 Å². The molecule has 3 atom stereocenters. The van der Waals surface area contributed by atoms with Gasteiger partial charge in [-0.15, -0.1) is 0 Å². The van der Waals surface area contributed by atoms with Crippen LogP contribution in [0.3, 0.4) is 0 Å². The summed E-state index contributed by atoms with van der Waals surface area (Å²) in [6, 6.07) is 6.30. The van der Waals surface area contributed by atoms with Crippen molar-refractivity contribution in [3.63, 3.8) is 0 Å². The molecule has 2 nitrogen and oxygen atoms in total. The summed E-state index contributed by atoms with van der Waals surface area (Å²) < 4.78 is 7.41. The van der Waals surface area contributed by atoms with Gasteiger partial charge in [-0.1, -0.05) is 32.9 Å². The standard InChI is InChI=1S/C17H26BrNO/c1-4-19-11-14-6-5-7-16(18)17(14)20-15-9-8-12(2)13(3)10-15/h5-7,12-13,15,19H,4,8-11H2,1-3H3. The van der Waals surface area contributed by atoms with Gasteiger partial charge in [-0.25, -0.2) is 0 Å². The highest BCUT2D eigenvalue weighted by molar-refractivity contribution is 9.10. The molecule has 1 aliphatic carbocycles. The lowest BCUT2D eigenvalue weighted by Gasteiger charge is -2.33. The van der Waals surface area contributed by atoms with Crippen LogP contribution in [0.4, 0.5) is 0 Å². The molecule has 0 heterocycles. The second-order valence-corrected chi connectivity index (χ2v) is 6.87. The third-order valence-corrected chi connectivity index (χ3v) is 5.07. The number of halogens is 1. The molecule has 0 saturated heterocycles. The van der Waals surface area contributed by atoms with E-state index in [-0.39, 0.29) is 0 Å². The number of nitrogens with one attached hydrogen (secondary N) is 1. The Labute approximate surface area is 131 Å². The van der Waals surface area contributed by atoms with E-state index in [4.69, 9.17) is 4.74 Å². The molecule has 3 heteroatoms. The fraction of sp³-hybridized carbons (Fsp3) is 0.647. The maximum absolute atomic E-state index is 6.35. The average Bonchev–Trinajstić information content (AvgIpc) is 2.43. The first-order valence-electron chi connectivity index (χ1n) is 7.76. The predicted octanol–water partition coefficient (Wildman–Crippen LogP) is 4.76. The van der Waals surface area contributed by atoms with Crippen LogP contribution in [0.25, 0.3) is 0 Å². The first-order chi connectivity index (χ1) is 9.61. The van der Waals surface area contributed by atoms with Crippen molar-refractivity contribution in [3.05, 3.63) is 28.2 Å². The molecule has 3 unspecified atom stereocenters. The van der Waals surface area contributed by atoms with Crippen LogP contribution in [0.5, 0.6) is 5.75 Å². The van der Waals surface area contributed by atoms with Gasteiger partial charge in [0.25, 0.3) is 0 Å². The predicted molar refractivity (Wildman–Crippen MR) is 88.1 cm³/mol. The molecule has 1 aromatic rings. The van der Waals surface area contributed by atoms with Crippen LogP contribution in [0, 0.1) is 11.8 Å². The van der Waals surface area contributed by atoms with Crippen LogP contribution in [-0.2, 0) is 6.54 Å². The van der Waals surface area contributed by atoms with Crippen molar-refractivity contribution in [3.8, 4) is 5.75 Å². The van der Waals surface area contributed by atoms with Gasteiger partial charge >= 0.3 is 0 Å². The van der Waals surface area contributed by atoms with Gasteiger partial charge in [-0.2, -0.15) is 0 Å². The van der Waals surface area contributed by atoms with E-state index in [0.29, 0.717) is 6.10 Å². The van der Waals surface area contributed by atoms with Crippen LogP contribution in [-0.4, -0.2) is 12.6 Å². The third-order valence-electron chi connectivity index (χ3n) is 4.45. The fourth-order valence-electron chi connectivity index (χ4n) is 2.86. The van der Waals surface area contributed by atoms with Crippen LogP contribution in [0.2, 0.25) is 0 Å². The Morgan fingerprint density at radius 1 is 1.25 bits per heavy atom. The molecular formula is C17H26BrNO. The maximum Gasteiger partial charge on any atom is 0.138 e. The van der Waals surface area contributed by atoms with Gasteiger partial charge in [0.1, 0.15) is 5.75 Å². The third kappa shape index (κ3) is 3.98. The topological polar surface area (TPSA) is 21.3 Å². The number of hydrogen-bond acceptors (Lipinski definition) is 2. The Morgan fingerprint density at radius 2 is 2.05 bits per heavy atom. The van der Waals surface area contributed by atoms with Crippen molar-refractivity contribution < 1.29 is 4.74 Å². The van der Waals surface area contributed by atoms with E-state index in [2.05, 4.69) is 60.2 Å². The van der Waals surface area contributed by atoms with Crippen LogP contribution in [0.15, 0.2) is 22.7 Å². The Bertz CT molecular complexity index is 435. The lowest BCUT2D eigenvalue weighted by Crippen LogP contribution is -2.29. The summed E-state index contributed by atoms with van der Waals surface area (Å²) in [6.07, 6.45) is 3.98. The molecule has 112 valence electrons. The number of hydrogen-bond donors (Lipinski definition) is 1. The van der Waals surface area contributed by atoms with Crippen molar-refractivity contribution in [2.24, 2.45) is 11.8 Å². The summed E-state index contributed by atoms with van der Waals surface area (Å²) in [6.45, 7) is 8.67. The zero-order valence-corrected chi connectivity index (χ0v) is 14.4. The van der Waals surface area contributed by atoms with E-state index in [9.17, 15) is 0 Å². The quantitative estimate of drug-likeness (QED) is 0.834. The molecule has 1 fully saturated rings. The summed E-state index contributed by atoms with van der Waals surface area (Å²) in [7, 11) is 0. The summed E-state index contributed by atoms with van der Waals surface area (Å²) in [5, 5.41) is 3.38. The van der Waals surface area contributed by atoms with Gasteiger partial charge in [-0.3, -0.25) is 0 Å². The normalized spacial score (nSPS) is 26.5. The van der Waals surface area contributed by atoms with E-state index < -0.39 is 0 Å². The second-order valence-electron chi connectivity index (χ2n) is 6.02. The summed E-state index contributed by atoms with van der Waals surface area (Å²) >= 11 is 3.64. The van der Waals surface area contributed by atoms with E-state index in [1.807, 2.05) is 0 Å². The minimum atomic E-state index is 0.361. The minimum absolute atomic E-state index is 0.361. The second kappa shape index (κ2) is 7.46. The van der Waals surface area contributed by atoms with Crippen molar-refractivity contribution in [1.29, 1.82) is 0 Å². The Kier molecular flexibility index (Phi) is 5.91. The average molecular weight is 340 g/mol. The summed E-state index contributed by atoms with van der Waals surface area (Å²) in [4.78, 5) is 0. The van der Waals surface area contributed by atoms with E-state index in [0.717, 1.165) is 35.1 Å². The maximum atomic E-state index is 6.35. The zero-order chi connectivity index (χ0) is 14.5. The van der Waals surface area contributed by atoms with Crippen molar-refractivity contribution >= 4 is 15.9 Å². The van der Waals surface area contributed by atoms with E-state index >= 15 is 0 Å². The zero-order valence-electron chi connectivity index (χ0n) is 12.8. The molecular weight excluding hydrogens is 314 g/mol. The molecule has 0 spiro atoms. The number of benzene rings is 1. The molecule has 0 bridgehead atoms. The molecule has 0 aromatic heterocycles. The summed E-state index contributed by atoms with van der Waals surface area (Å²) in [5.74, 6) is 2.61. The largest absolute Gasteiger partial charge is 0.489 e. The fourth-order valence-corrected chi connectivity index (χ4v) is 3.36. The Hall–Kier alpha value is -0.540. The Morgan fingerprint density at radius 3 is 2.75 bits per heavy atom. The van der Waals surface area contributed by atoms with Crippen LogP contribution < -0.4 is 10.1 Å². The highest BCUT2D eigenvalue weighted by Gasteiger charge is 2.26. The van der Waals surface area contributed by atoms with E-state index in [1.165, 1.54) is 24.8 Å². The van der Waals surface area contributed by atoms with Gasteiger partial charge < -0.3 is 10.1 Å². The lowest BCUT2D eigenvalue weighted by molar-refractivity contribution is 0.0989.